The molecule has 0 radical (unpaired) electrons. The van der Waals surface area contributed by atoms with E-state index in [-0.39, 0.29) is 0 Å². The smallest absolute Gasteiger partial charge is 0.0979 e. The second kappa shape index (κ2) is 3.74. The Hall–Kier alpha value is -0.340. The Balaban J connectivity index is 2.44. The van der Waals surface area contributed by atoms with Gasteiger partial charge in [-0.15, -0.1) is 0 Å². The van der Waals surface area contributed by atoms with Crippen LogP contribution in [0.5, 0.6) is 0 Å². The van der Waals surface area contributed by atoms with Crippen LogP contribution in [0.4, 0.5) is 0 Å². The molecule has 2 N–H and O–H groups in total. The lowest BCUT2D eigenvalue weighted by Crippen LogP contribution is -2.24. The van der Waals surface area contributed by atoms with Crippen molar-refractivity contribution in [2.45, 2.75) is 37.9 Å². The molecule has 58 valence electrons. The quantitative estimate of drug-likeness (QED) is 0.492. The van der Waals surface area contributed by atoms with Gasteiger partial charge in [-0.05, 0) is 19.3 Å². The summed E-state index contributed by atoms with van der Waals surface area (Å²) in [6.45, 7) is 0. The predicted octanol–water partition coefficient (Wildman–Crippen LogP) is 0.838. The molecule has 0 aromatic rings. The maximum absolute atomic E-state index is 9.18. The summed E-state index contributed by atoms with van der Waals surface area (Å²) in [4.78, 5) is 0. The Morgan fingerprint density at radius 3 is 2.80 bits per heavy atom. The van der Waals surface area contributed by atoms with Crippen LogP contribution < -0.4 is 0 Å². The van der Waals surface area contributed by atoms with Gasteiger partial charge in [0, 0.05) is 0 Å². The molecule has 0 aliphatic heterocycles. The highest BCUT2D eigenvalue weighted by Crippen LogP contribution is 2.11. The number of aliphatic hydroxyl groups is 2. The third-order valence-corrected chi connectivity index (χ3v) is 1.85. The van der Waals surface area contributed by atoms with E-state index in [0.29, 0.717) is 0 Å². The summed E-state index contributed by atoms with van der Waals surface area (Å²) < 4.78 is 0. The Kier molecular flexibility index (Phi) is 2.90. The van der Waals surface area contributed by atoms with Crippen LogP contribution in [0.3, 0.4) is 0 Å². The minimum atomic E-state index is -0.639. The molecular formula is C8H14O2. The average molecular weight is 142 g/mol. The largest absolute Gasteiger partial charge is 0.390 e. The van der Waals surface area contributed by atoms with E-state index in [2.05, 4.69) is 0 Å². The molecule has 2 heteroatoms. The predicted molar refractivity (Wildman–Crippen MR) is 39.6 cm³/mol. The van der Waals surface area contributed by atoms with E-state index < -0.39 is 12.2 Å². The minimum absolute atomic E-state index is 0.545. The third kappa shape index (κ3) is 2.12. The maximum Gasteiger partial charge on any atom is 0.0979 e. The Morgan fingerprint density at radius 2 is 2.00 bits per heavy atom. The van der Waals surface area contributed by atoms with E-state index in [4.69, 9.17) is 5.11 Å². The summed E-state index contributed by atoms with van der Waals surface area (Å²) in [5, 5.41) is 18.3. The lowest BCUT2D eigenvalue weighted by Gasteiger charge is -2.15. The van der Waals surface area contributed by atoms with Crippen molar-refractivity contribution in [1.29, 1.82) is 0 Å². The van der Waals surface area contributed by atoms with Gasteiger partial charge in [-0.1, -0.05) is 18.6 Å². The van der Waals surface area contributed by atoms with Crippen LogP contribution in [0.15, 0.2) is 12.2 Å². The fourth-order valence-corrected chi connectivity index (χ4v) is 1.15. The van der Waals surface area contributed by atoms with E-state index in [0.717, 1.165) is 25.7 Å². The highest BCUT2D eigenvalue weighted by Gasteiger charge is 2.13. The summed E-state index contributed by atoms with van der Waals surface area (Å²) in [5.74, 6) is 0. The highest BCUT2D eigenvalue weighted by atomic mass is 16.3. The fraction of sp³-hybridized carbons (Fsp3) is 0.750. The monoisotopic (exact) mass is 142 g/mol. The van der Waals surface area contributed by atoms with Gasteiger partial charge in [0.05, 0.1) is 12.2 Å². The molecule has 0 saturated carbocycles. The van der Waals surface area contributed by atoms with Crippen LogP contribution in [-0.2, 0) is 0 Å². The van der Waals surface area contributed by atoms with Crippen LogP contribution in [0, 0.1) is 0 Å². The Labute approximate surface area is 61.2 Å². The SMILES string of the molecule is O[C@@H]1CCCCC=C[C@@H]1O. The Morgan fingerprint density at radius 1 is 1.20 bits per heavy atom. The van der Waals surface area contributed by atoms with Crippen molar-refractivity contribution in [2.24, 2.45) is 0 Å². The van der Waals surface area contributed by atoms with Crippen molar-refractivity contribution in [3.63, 3.8) is 0 Å². The molecule has 1 rings (SSSR count). The molecule has 1 aliphatic carbocycles. The second-order valence-corrected chi connectivity index (χ2v) is 2.77. The van der Waals surface area contributed by atoms with Gasteiger partial charge in [0.1, 0.15) is 0 Å². The van der Waals surface area contributed by atoms with Gasteiger partial charge in [0.2, 0.25) is 0 Å². The molecule has 0 spiro atoms. The molecule has 0 unspecified atom stereocenters. The molecule has 1 aliphatic rings. The standard InChI is InChI=1S/C8H14O2/c9-7-5-3-1-2-4-6-8(7)10/h3,5,7-10H,1-2,4,6H2/t7-,8+/m0/s1. The molecule has 0 saturated heterocycles. The number of hydrogen-bond donors (Lipinski definition) is 2. The first-order chi connectivity index (χ1) is 4.80. The van der Waals surface area contributed by atoms with E-state index in [1.165, 1.54) is 0 Å². The van der Waals surface area contributed by atoms with Crippen molar-refractivity contribution in [3.8, 4) is 0 Å². The number of hydrogen-bond acceptors (Lipinski definition) is 2. The van der Waals surface area contributed by atoms with E-state index >= 15 is 0 Å². The van der Waals surface area contributed by atoms with E-state index in [1.54, 1.807) is 6.08 Å². The average Bonchev–Trinajstić information content (AvgIpc) is 1.92. The first-order valence-electron chi connectivity index (χ1n) is 3.83. The summed E-state index contributed by atoms with van der Waals surface area (Å²) in [6.07, 6.45) is 6.34. The summed E-state index contributed by atoms with van der Waals surface area (Å²) >= 11 is 0. The van der Waals surface area contributed by atoms with Crippen molar-refractivity contribution in [1.82, 2.24) is 0 Å². The van der Waals surface area contributed by atoms with Gasteiger partial charge in [-0.25, -0.2) is 0 Å². The molecule has 10 heavy (non-hydrogen) atoms. The molecule has 0 bridgehead atoms. The Bertz CT molecular complexity index is 120. The van der Waals surface area contributed by atoms with Gasteiger partial charge < -0.3 is 10.2 Å². The van der Waals surface area contributed by atoms with Gasteiger partial charge in [-0.2, -0.15) is 0 Å². The molecule has 0 fully saturated rings. The number of rotatable bonds is 0. The van der Waals surface area contributed by atoms with Crippen LogP contribution in [-0.4, -0.2) is 22.4 Å². The molecule has 0 heterocycles. The normalized spacial score (nSPS) is 35.0. The lowest BCUT2D eigenvalue weighted by molar-refractivity contribution is 0.0402. The summed E-state index contributed by atoms with van der Waals surface area (Å²) in [7, 11) is 0. The first-order valence-corrected chi connectivity index (χ1v) is 3.83. The third-order valence-electron chi connectivity index (χ3n) is 1.85. The van der Waals surface area contributed by atoms with Crippen molar-refractivity contribution in [3.05, 3.63) is 12.2 Å². The fourth-order valence-electron chi connectivity index (χ4n) is 1.15. The highest BCUT2D eigenvalue weighted by molar-refractivity contribution is 4.93. The van der Waals surface area contributed by atoms with Gasteiger partial charge >= 0.3 is 0 Å². The zero-order valence-corrected chi connectivity index (χ0v) is 6.03. The van der Waals surface area contributed by atoms with Gasteiger partial charge in [0.15, 0.2) is 0 Å². The van der Waals surface area contributed by atoms with Crippen molar-refractivity contribution < 1.29 is 10.2 Å². The number of aliphatic hydroxyl groups excluding tert-OH is 2. The molecule has 0 aromatic heterocycles. The van der Waals surface area contributed by atoms with Gasteiger partial charge in [-0.3, -0.25) is 0 Å². The van der Waals surface area contributed by atoms with Crippen LogP contribution >= 0.6 is 0 Å². The maximum atomic E-state index is 9.18. The molecular weight excluding hydrogens is 128 g/mol. The van der Waals surface area contributed by atoms with Crippen LogP contribution in [0.25, 0.3) is 0 Å². The molecule has 0 amide bonds. The van der Waals surface area contributed by atoms with E-state index in [9.17, 15) is 5.11 Å². The van der Waals surface area contributed by atoms with Gasteiger partial charge in [0.25, 0.3) is 0 Å². The van der Waals surface area contributed by atoms with Crippen molar-refractivity contribution >= 4 is 0 Å². The summed E-state index contributed by atoms with van der Waals surface area (Å²) in [6, 6.07) is 0. The van der Waals surface area contributed by atoms with Crippen LogP contribution in [0.1, 0.15) is 25.7 Å². The number of allylic oxidation sites excluding steroid dienone is 1. The first kappa shape index (κ1) is 7.76. The van der Waals surface area contributed by atoms with Crippen LogP contribution in [0.2, 0.25) is 0 Å². The zero-order chi connectivity index (χ0) is 7.40. The lowest BCUT2D eigenvalue weighted by atomic mass is 10.0. The zero-order valence-electron chi connectivity index (χ0n) is 6.03. The minimum Gasteiger partial charge on any atom is -0.390 e. The molecule has 0 aromatic carbocycles. The second-order valence-electron chi connectivity index (χ2n) is 2.77. The molecule has 2 nitrogen and oxygen atoms in total. The summed E-state index contributed by atoms with van der Waals surface area (Å²) in [5.41, 5.74) is 0. The molecule has 2 atom stereocenters. The van der Waals surface area contributed by atoms with E-state index in [1.807, 2.05) is 6.08 Å². The topological polar surface area (TPSA) is 40.5 Å². The van der Waals surface area contributed by atoms with Crippen molar-refractivity contribution in [2.75, 3.05) is 0 Å².